The molecule has 0 spiro atoms. The predicted molar refractivity (Wildman–Crippen MR) is 77.4 cm³/mol. The van der Waals surface area contributed by atoms with Crippen molar-refractivity contribution in [3.8, 4) is 0 Å². The van der Waals surface area contributed by atoms with Gasteiger partial charge in [-0.05, 0) is 48.0 Å². The number of carbonyl (C=O) groups excluding carboxylic acids is 1. The van der Waals surface area contributed by atoms with Crippen molar-refractivity contribution in [3.63, 3.8) is 0 Å². The number of hydrogen-bond donors (Lipinski definition) is 1. The van der Waals surface area contributed by atoms with Gasteiger partial charge in [-0.1, -0.05) is 5.57 Å². The smallest absolute Gasteiger partial charge is 0.413 e. The maximum absolute atomic E-state index is 12.5. The summed E-state index contributed by atoms with van der Waals surface area (Å²) in [6, 6.07) is 0. The van der Waals surface area contributed by atoms with Crippen LogP contribution in [0.1, 0.15) is 48.0 Å². The molecule has 1 aliphatic heterocycles. The molecule has 0 aliphatic carbocycles. The number of ether oxygens (including phenoxy) is 2. The molecule has 1 amide bonds. The Morgan fingerprint density at radius 3 is 2.40 bits per heavy atom. The lowest BCUT2D eigenvalue weighted by molar-refractivity contribution is -0.0731. The monoisotopic (exact) mass is 285 g/mol. The SMILES string of the molecule is C=C(C)CC1(CO)COC(C)(C)N1C(=O)OC(C)(C)C. The zero-order chi connectivity index (χ0) is 15.8. The largest absolute Gasteiger partial charge is 0.444 e. The number of rotatable bonds is 3. The molecule has 1 unspecified atom stereocenters. The molecule has 5 heteroatoms. The van der Waals surface area contributed by atoms with Gasteiger partial charge in [0.15, 0.2) is 0 Å². The molecule has 0 aromatic rings. The second-order valence-electron chi connectivity index (χ2n) is 7.07. The Bertz CT molecular complexity index is 397. The molecule has 1 atom stereocenters. The van der Waals surface area contributed by atoms with Crippen LogP contribution in [0.25, 0.3) is 0 Å². The van der Waals surface area contributed by atoms with Crippen molar-refractivity contribution < 1.29 is 19.4 Å². The number of aliphatic hydroxyl groups is 1. The molecule has 116 valence electrons. The first-order valence-corrected chi connectivity index (χ1v) is 6.86. The van der Waals surface area contributed by atoms with Gasteiger partial charge < -0.3 is 14.6 Å². The van der Waals surface area contributed by atoms with Crippen molar-refractivity contribution in [3.05, 3.63) is 12.2 Å². The van der Waals surface area contributed by atoms with E-state index >= 15 is 0 Å². The maximum atomic E-state index is 12.5. The van der Waals surface area contributed by atoms with Crippen molar-refractivity contribution in [1.82, 2.24) is 4.90 Å². The zero-order valence-electron chi connectivity index (χ0n) is 13.4. The molecule has 1 saturated heterocycles. The molecule has 0 radical (unpaired) electrons. The van der Waals surface area contributed by atoms with Gasteiger partial charge in [-0.2, -0.15) is 0 Å². The molecule has 1 rings (SSSR count). The number of aliphatic hydroxyl groups excluding tert-OH is 1. The van der Waals surface area contributed by atoms with Crippen molar-refractivity contribution in [2.45, 2.75) is 64.8 Å². The quantitative estimate of drug-likeness (QED) is 0.810. The average molecular weight is 285 g/mol. The molecule has 1 heterocycles. The third kappa shape index (κ3) is 3.52. The predicted octanol–water partition coefficient (Wildman–Crippen LogP) is 2.69. The van der Waals surface area contributed by atoms with E-state index in [1.54, 1.807) is 13.8 Å². The zero-order valence-corrected chi connectivity index (χ0v) is 13.4. The molecule has 1 N–H and O–H groups in total. The van der Waals surface area contributed by atoms with Crippen LogP contribution < -0.4 is 0 Å². The summed E-state index contributed by atoms with van der Waals surface area (Å²) in [5.74, 6) is 0. The highest BCUT2D eigenvalue weighted by atomic mass is 16.6. The minimum absolute atomic E-state index is 0.192. The Hall–Kier alpha value is -1.07. The van der Waals surface area contributed by atoms with Crippen molar-refractivity contribution >= 4 is 6.09 Å². The van der Waals surface area contributed by atoms with E-state index in [-0.39, 0.29) is 13.2 Å². The molecule has 20 heavy (non-hydrogen) atoms. The van der Waals surface area contributed by atoms with Gasteiger partial charge in [0.05, 0.1) is 18.8 Å². The number of hydrogen-bond acceptors (Lipinski definition) is 4. The van der Waals surface area contributed by atoms with Crippen molar-refractivity contribution in [1.29, 1.82) is 0 Å². The van der Waals surface area contributed by atoms with E-state index < -0.39 is 23.0 Å². The van der Waals surface area contributed by atoms with Crippen LogP contribution >= 0.6 is 0 Å². The van der Waals surface area contributed by atoms with Crippen LogP contribution in [0.2, 0.25) is 0 Å². The van der Waals surface area contributed by atoms with Gasteiger partial charge in [-0.25, -0.2) is 4.79 Å². The lowest BCUT2D eigenvalue weighted by atomic mass is 9.91. The molecule has 0 aromatic carbocycles. The number of nitrogens with zero attached hydrogens (tertiary/aromatic N) is 1. The molecule has 0 saturated carbocycles. The minimum atomic E-state index is -0.819. The molecule has 0 aromatic heterocycles. The summed E-state index contributed by atoms with van der Waals surface area (Å²) in [7, 11) is 0. The second kappa shape index (κ2) is 5.37. The van der Waals surface area contributed by atoms with E-state index in [2.05, 4.69) is 6.58 Å². The fourth-order valence-corrected chi connectivity index (χ4v) is 2.60. The Labute approximate surface area is 121 Å². The van der Waals surface area contributed by atoms with Gasteiger partial charge >= 0.3 is 6.09 Å². The van der Waals surface area contributed by atoms with E-state index in [1.807, 2.05) is 27.7 Å². The molecular formula is C15H27NO4. The fraction of sp³-hybridized carbons (Fsp3) is 0.800. The highest BCUT2D eigenvalue weighted by Crippen LogP contribution is 2.39. The summed E-state index contributed by atoms with van der Waals surface area (Å²) < 4.78 is 11.2. The van der Waals surface area contributed by atoms with Crippen LogP contribution in [0.15, 0.2) is 12.2 Å². The Kier molecular flexibility index (Phi) is 4.56. The molecule has 1 aliphatic rings. The first kappa shape index (κ1) is 17.0. The lowest BCUT2D eigenvalue weighted by Gasteiger charge is -2.41. The van der Waals surface area contributed by atoms with Crippen LogP contribution in [0.5, 0.6) is 0 Å². The van der Waals surface area contributed by atoms with E-state index in [4.69, 9.17) is 9.47 Å². The van der Waals surface area contributed by atoms with E-state index in [9.17, 15) is 9.90 Å². The second-order valence-corrected chi connectivity index (χ2v) is 7.07. The minimum Gasteiger partial charge on any atom is -0.444 e. The van der Waals surface area contributed by atoms with Crippen molar-refractivity contribution in [2.24, 2.45) is 0 Å². The molecule has 1 fully saturated rings. The lowest BCUT2D eigenvalue weighted by Crippen LogP contribution is -2.58. The third-order valence-electron chi connectivity index (χ3n) is 3.21. The molecule has 5 nitrogen and oxygen atoms in total. The summed E-state index contributed by atoms with van der Waals surface area (Å²) >= 11 is 0. The van der Waals surface area contributed by atoms with Crippen LogP contribution in [0, 0.1) is 0 Å². The first-order chi connectivity index (χ1) is 8.93. The van der Waals surface area contributed by atoms with E-state index in [0.717, 1.165) is 5.57 Å². The van der Waals surface area contributed by atoms with Gasteiger partial charge in [-0.15, -0.1) is 6.58 Å². The summed E-state index contributed by atoms with van der Waals surface area (Å²) in [6.07, 6.45) is 0.00177. The van der Waals surface area contributed by atoms with Gasteiger partial charge in [0, 0.05) is 0 Å². The summed E-state index contributed by atoms with van der Waals surface area (Å²) in [4.78, 5) is 14.0. The average Bonchev–Trinajstić information content (AvgIpc) is 2.47. The highest BCUT2D eigenvalue weighted by molar-refractivity contribution is 5.70. The third-order valence-corrected chi connectivity index (χ3v) is 3.21. The summed E-state index contributed by atoms with van der Waals surface area (Å²) in [5.41, 5.74) is -1.34. The van der Waals surface area contributed by atoms with Crippen molar-refractivity contribution in [2.75, 3.05) is 13.2 Å². The number of carbonyl (C=O) groups is 1. The standard InChI is InChI=1S/C15H27NO4/c1-11(2)8-15(9-17)10-19-14(6,7)16(15)12(18)20-13(3,4)5/h17H,1,8-10H2,2-7H3. The van der Waals surface area contributed by atoms with Crippen LogP contribution in [-0.4, -0.2) is 46.2 Å². The Morgan fingerprint density at radius 1 is 1.45 bits per heavy atom. The molecular weight excluding hydrogens is 258 g/mol. The van der Waals surface area contributed by atoms with Crippen LogP contribution in [0.4, 0.5) is 4.79 Å². The van der Waals surface area contributed by atoms with E-state index in [0.29, 0.717) is 6.42 Å². The summed E-state index contributed by atoms with van der Waals surface area (Å²) in [6.45, 7) is 14.9. The Balaban J connectivity index is 3.12. The molecule has 0 bridgehead atoms. The van der Waals surface area contributed by atoms with Gasteiger partial charge in [0.25, 0.3) is 0 Å². The highest BCUT2D eigenvalue weighted by Gasteiger charge is 2.55. The first-order valence-electron chi connectivity index (χ1n) is 6.86. The van der Waals surface area contributed by atoms with Crippen LogP contribution in [-0.2, 0) is 9.47 Å². The van der Waals surface area contributed by atoms with Gasteiger partial charge in [0.1, 0.15) is 11.3 Å². The fourth-order valence-electron chi connectivity index (χ4n) is 2.60. The normalized spacial score (nSPS) is 25.6. The Morgan fingerprint density at radius 2 is 2.00 bits per heavy atom. The summed E-state index contributed by atoms with van der Waals surface area (Å²) in [5, 5.41) is 9.84. The van der Waals surface area contributed by atoms with Crippen LogP contribution in [0.3, 0.4) is 0 Å². The van der Waals surface area contributed by atoms with Gasteiger partial charge in [0.2, 0.25) is 0 Å². The maximum Gasteiger partial charge on any atom is 0.413 e. The number of amides is 1. The van der Waals surface area contributed by atoms with Gasteiger partial charge in [-0.3, -0.25) is 4.90 Å². The topological polar surface area (TPSA) is 59.0 Å². The van der Waals surface area contributed by atoms with E-state index in [1.165, 1.54) is 4.90 Å².